The first-order valence-electron chi connectivity index (χ1n) is 5.46. The van der Waals surface area contributed by atoms with Crippen molar-refractivity contribution in [1.82, 2.24) is 9.97 Å². The molecule has 0 radical (unpaired) electrons. The van der Waals surface area contributed by atoms with Gasteiger partial charge in [0.05, 0.1) is 6.61 Å². The molecular weight excluding hydrogens is 252 g/mol. The molecule has 0 fully saturated rings. The Kier molecular flexibility index (Phi) is 5.64. The van der Waals surface area contributed by atoms with Gasteiger partial charge >= 0.3 is 5.97 Å². The van der Waals surface area contributed by atoms with Crippen molar-refractivity contribution in [2.24, 2.45) is 0 Å². The van der Waals surface area contributed by atoms with Gasteiger partial charge in [0.15, 0.2) is 5.16 Å². The van der Waals surface area contributed by atoms with Crippen LogP contribution in [-0.2, 0) is 9.53 Å². The van der Waals surface area contributed by atoms with E-state index >= 15 is 0 Å². The lowest BCUT2D eigenvalue weighted by atomic mass is 10.4. The third-order valence-corrected chi connectivity index (χ3v) is 2.60. The van der Waals surface area contributed by atoms with E-state index in [-0.39, 0.29) is 5.94 Å². The van der Waals surface area contributed by atoms with Crippen molar-refractivity contribution in [3.05, 3.63) is 23.9 Å². The molecule has 1 heterocycles. The van der Waals surface area contributed by atoms with E-state index in [0.29, 0.717) is 23.2 Å². The van der Waals surface area contributed by atoms with Crippen LogP contribution in [-0.4, -0.2) is 28.5 Å². The molecule has 0 spiro atoms. The van der Waals surface area contributed by atoms with Gasteiger partial charge in [-0.25, -0.2) is 9.78 Å². The Labute approximate surface area is 111 Å². The van der Waals surface area contributed by atoms with Gasteiger partial charge in [0.25, 0.3) is 0 Å². The molecule has 0 N–H and O–H groups in total. The molecule has 0 amide bonds. The molecule has 0 unspecified atom stereocenters. The normalized spacial score (nSPS) is 9.94. The van der Waals surface area contributed by atoms with Gasteiger partial charge < -0.3 is 9.47 Å². The van der Waals surface area contributed by atoms with Crippen molar-refractivity contribution in [3.63, 3.8) is 0 Å². The van der Waals surface area contributed by atoms with Gasteiger partial charge in [0.2, 0.25) is 5.88 Å². The Morgan fingerprint density at radius 1 is 1.56 bits per heavy atom. The summed E-state index contributed by atoms with van der Waals surface area (Å²) in [6, 6.07) is 0. The van der Waals surface area contributed by atoms with Crippen molar-refractivity contribution in [1.29, 1.82) is 0 Å². The zero-order valence-electron chi connectivity index (χ0n) is 10.7. The molecule has 0 aliphatic heterocycles. The van der Waals surface area contributed by atoms with Crippen molar-refractivity contribution in [2.75, 3.05) is 12.5 Å². The van der Waals surface area contributed by atoms with Crippen LogP contribution in [0, 0.1) is 6.92 Å². The number of nitrogens with zero attached hydrogens (tertiary/aromatic N) is 2. The summed E-state index contributed by atoms with van der Waals surface area (Å²) in [4.78, 5) is 19.5. The van der Waals surface area contributed by atoms with Gasteiger partial charge in [-0.15, -0.1) is 0 Å². The predicted octanol–water partition coefficient (Wildman–Crippen LogP) is 2.35. The van der Waals surface area contributed by atoms with Gasteiger partial charge in [0.1, 0.15) is 5.94 Å². The minimum absolute atomic E-state index is 0.153. The van der Waals surface area contributed by atoms with Gasteiger partial charge in [0, 0.05) is 17.3 Å². The van der Waals surface area contributed by atoms with Crippen molar-refractivity contribution in [2.45, 2.75) is 25.9 Å². The Bertz CT molecular complexity index is 449. The van der Waals surface area contributed by atoms with E-state index < -0.39 is 5.97 Å². The fourth-order valence-electron chi connectivity index (χ4n) is 1.02. The summed E-state index contributed by atoms with van der Waals surface area (Å²) in [6.07, 6.45) is 1.68. The van der Waals surface area contributed by atoms with E-state index in [1.54, 1.807) is 13.1 Å². The van der Waals surface area contributed by atoms with Gasteiger partial charge in [-0.1, -0.05) is 6.58 Å². The third kappa shape index (κ3) is 4.37. The molecule has 6 heteroatoms. The second-order valence-electron chi connectivity index (χ2n) is 3.55. The topological polar surface area (TPSA) is 61.3 Å². The highest BCUT2D eigenvalue weighted by atomic mass is 32.2. The number of aryl methyl sites for hydroxylation is 1. The van der Waals surface area contributed by atoms with E-state index in [2.05, 4.69) is 16.5 Å². The monoisotopic (exact) mass is 268 g/mol. The molecule has 0 bridgehead atoms. The molecule has 0 atom stereocenters. The lowest BCUT2D eigenvalue weighted by Gasteiger charge is -2.07. The van der Waals surface area contributed by atoms with Crippen LogP contribution in [0.3, 0.4) is 0 Å². The molecule has 1 aromatic rings. The first-order valence-corrected chi connectivity index (χ1v) is 6.45. The standard InChI is InChI=1S/C12H16N2O3S/c1-5-16-10-9(4)6-13-12(14-10)18-7-17-11(15)8(2)3/h6H,2,5,7H2,1,3-4H3. The van der Waals surface area contributed by atoms with Crippen LogP contribution < -0.4 is 4.74 Å². The molecule has 1 aromatic heterocycles. The number of ether oxygens (including phenoxy) is 2. The summed E-state index contributed by atoms with van der Waals surface area (Å²) >= 11 is 1.23. The molecule has 0 saturated heterocycles. The highest BCUT2D eigenvalue weighted by Crippen LogP contribution is 2.19. The number of carbonyl (C=O) groups is 1. The largest absolute Gasteiger partial charge is 0.478 e. The molecule has 1 rings (SSSR count). The Morgan fingerprint density at radius 3 is 2.89 bits per heavy atom. The predicted molar refractivity (Wildman–Crippen MR) is 69.6 cm³/mol. The summed E-state index contributed by atoms with van der Waals surface area (Å²) in [5, 5.41) is 0.513. The van der Waals surface area contributed by atoms with Crippen LogP contribution in [0.1, 0.15) is 19.4 Å². The molecule has 18 heavy (non-hydrogen) atoms. The highest BCUT2D eigenvalue weighted by molar-refractivity contribution is 7.99. The number of esters is 1. The number of hydrogen-bond donors (Lipinski definition) is 0. The van der Waals surface area contributed by atoms with E-state index in [9.17, 15) is 4.79 Å². The second kappa shape index (κ2) is 7.00. The summed E-state index contributed by atoms with van der Waals surface area (Å²) < 4.78 is 10.3. The van der Waals surface area contributed by atoms with Crippen LogP contribution >= 0.6 is 11.8 Å². The van der Waals surface area contributed by atoms with Crippen LogP contribution in [0.5, 0.6) is 5.88 Å². The number of hydrogen-bond acceptors (Lipinski definition) is 6. The van der Waals surface area contributed by atoms with Crippen LogP contribution in [0.15, 0.2) is 23.5 Å². The smallest absolute Gasteiger partial charge is 0.333 e. The van der Waals surface area contributed by atoms with Gasteiger partial charge in [-0.3, -0.25) is 0 Å². The Hall–Kier alpha value is -1.56. The number of rotatable bonds is 6. The molecule has 0 saturated carbocycles. The number of thioether (sulfide) groups is 1. The lowest BCUT2D eigenvalue weighted by molar-refractivity contribution is -0.136. The Balaban J connectivity index is 2.55. The number of aromatic nitrogens is 2. The molecule has 0 aliphatic carbocycles. The maximum absolute atomic E-state index is 11.2. The SMILES string of the molecule is C=C(C)C(=O)OCSc1ncc(C)c(OCC)n1. The second-order valence-corrected chi connectivity index (χ2v) is 4.44. The zero-order valence-corrected chi connectivity index (χ0v) is 11.5. The Morgan fingerprint density at radius 2 is 2.28 bits per heavy atom. The summed E-state index contributed by atoms with van der Waals surface area (Å²) in [6.45, 7) is 9.41. The summed E-state index contributed by atoms with van der Waals surface area (Å²) in [7, 11) is 0. The summed E-state index contributed by atoms with van der Waals surface area (Å²) in [5.41, 5.74) is 1.25. The van der Waals surface area contributed by atoms with Crippen molar-refractivity contribution < 1.29 is 14.3 Å². The number of carbonyl (C=O) groups excluding carboxylic acids is 1. The maximum Gasteiger partial charge on any atom is 0.333 e. The van der Waals surface area contributed by atoms with Gasteiger partial charge in [-0.05, 0) is 32.5 Å². The highest BCUT2D eigenvalue weighted by Gasteiger charge is 2.07. The molecular formula is C12H16N2O3S. The molecule has 0 aliphatic rings. The average Bonchev–Trinajstić information content (AvgIpc) is 2.33. The van der Waals surface area contributed by atoms with E-state index in [1.165, 1.54) is 11.8 Å². The lowest BCUT2D eigenvalue weighted by Crippen LogP contribution is -2.05. The quantitative estimate of drug-likeness (QED) is 0.259. The third-order valence-electron chi connectivity index (χ3n) is 1.91. The molecule has 98 valence electrons. The van der Waals surface area contributed by atoms with Crippen molar-refractivity contribution >= 4 is 17.7 Å². The average molecular weight is 268 g/mol. The summed E-state index contributed by atoms with van der Waals surface area (Å²) in [5.74, 6) is 0.293. The van der Waals surface area contributed by atoms with Crippen LogP contribution in [0.4, 0.5) is 0 Å². The fraction of sp³-hybridized carbons (Fsp3) is 0.417. The fourth-order valence-corrected chi connectivity index (χ4v) is 1.57. The first kappa shape index (κ1) is 14.5. The van der Waals surface area contributed by atoms with Crippen LogP contribution in [0.2, 0.25) is 0 Å². The minimum Gasteiger partial charge on any atom is -0.478 e. The van der Waals surface area contributed by atoms with Crippen molar-refractivity contribution in [3.8, 4) is 5.88 Å². The van der Waals surface area contributed by atoms with Crippen LogP contribution in [0.25, 0.3) is 0 Å². The molecule has 5 nitrogen and oxygen atoms in total. The van der Waals surface area contributed by atoms with Gasteiger partial charge in [-0.2, -0.15) is 4.98 Å². The zero-order chi connectivity index (χ0) is 13.5. The maximum atomic E-state index is 11.2. The minimum atomic E-state index is -0.417. The van der Waals surface area contributed by atoms with E-state index in [0.717, 1.165) is 5.56 Å². The van der Waals surface area contributed by atoms with E-state index in [4.69, 9.17) is 9.47 Å². The molecule has 0 aromatic carbocycles. The first-order chi connectivity index (χ1) is 8.54. The van der Waals surface area contributed by atoms with E-state index in [1.807, 2.05) is 13.8 Å².